The number of carbonyl (C=O) groups is 1. The van der Waals surface area contributed by atoms with Crippen LogP contribution in [0.4, 0.5) is 13.2 Å². The van der Waals surface area contributed by atoms with Crippen molar-refractivity contribution in [3.63, 3.8) is 0 Å². The first-order valence-electron chi connectivity index (χ1n) is 12.8. The lowest BCUT2D eigenvalue weighted by molar-refractivity contribution is -0.139. The molecule has 0 heterocycles. The predicted molar refractivity (Wildman–Crippen MR) is 134 cm³/mol. The van der Waals surface area contributed by atoms with Crippen LogP contribution >= 0.6 is 0 Å². The van der Waals surface area contributed by atoms with Gasteiger partial charge in [0, 0.05) is 18.0 Å². The van der Waals surface area contributed by atoms with Crippen molar-refractivity contribution in [2.24, 2.45) is 11.1 Å². The molecule has 1 fully saturated rings. The molecule has 1 saturated carbocycles. The van der Waals surface area contributed by atoms with E-state index in [1.807, 2.05) is 19.1 Å². The Kier molecular flexibility index (Phi) is 8.74. The van der Waals surface area contributed by atoms with Crippen LogP contribution in [-0.2, 0) is 28.8 Å². The van der Waals surface area contributed by atoms with Gasteiger partial charge in [-0.15, -0.1) is 0 Å². The summed E-state index contributed by atoms with van der Waals surface area (Å²) in [4.78, 5) is 16.2. The summed E-state index contributed by atoms with van der Waals surface area (Å²) in [6.07, 6.45) is 1.04. The fourth-order valence-electron chi connectivity index (χ4n) is 4.67. The van der Waals surface area contributed by atoms with Crippen LogP contribution in [0.3, 0.4) is 0 Å². The zero-order valence-corrected chi connectivity index (χ0v) is 20.9. The van der Waals surface area contributed by atoms with Gasteiger partial charge in [-0.2, -0.15) is 13.2 Å². The normalized spacial score (nSPS) is 17.8. The van der Waals surface area contributed by atoms with Crippen LogP contribution in [0.25, 0.3) is 0 Å². The molecule has 2 aromatic carbocycles. The number of aliphatic carboxylic acids is 1. The lowest BCUT2D eigenvalue weighted by atomic mass is 9.84. The van der Waals surface area contributed by atoms with Gasteiger partial charge in [0.1, 0.15) is 12.4 Å². The molecule has 1 atom stereocenters. The molecule has 0 bridgehead atoms. The third-order valence-electron chi connectivity index (χ3n) is 6.81. The minimum absolute atomic E-state index is 0.0912. The van der Waals surface area contributed by atoms with E-state index >= 15 is 0 Å². The number of carboxylic acids is 1. The second-order valence-electron chi connectivity index (χ2n) is 9.80. The van der Waals surface area contributed by atoms with Crippen LogP contribution in [-0.4, -0.2) is 29.9 Å². The number of hydrogen-bond donors (Lipinski definition) is 2. The Morgan fingerprint density at radius 1 is 1.19 bits per heavy atom. The van der Waals surface area contributed by atoms with Crippen LogP contribution in [0.5, 0.6) is 5.75 Å². The van der Waals surface area contributed by atoms with E-state index in [0.29, 0.717) is 36.8 Å². The molecule has 0 spiro atoms. The molecule has 1 unspecified atom stereocenters. The number of ether oxygens (including phenoxy) is 1. The summed E-state index contributed by atoms with van der Waals surface area (Å²) >= 11 is 0. The highest BCUT2D eigenvalue weighted by molar-refractivity contribution is 6.00. The number of oxime groups is 1. The van der Waals surface area contributed by atoms with Crippen LogP contribution in [0.2, 0.25) is 0 Å². The first kappa shape index (κ1) is 27.0. The molecule has 0 radical (unpaired) electrons. The van der Waals surface area contributed by atoms with Crippen molar-refractivity contribution in [3.05, 3.63) is 64.2 Å². The zero-order valence-electron chi connectivity index (χ0n) is 20.9. The number of hydrogen-bond acceptors (Lipinski definition) is 5. The second kappa shape index (κ2) is 12.0. The molecule has 2 aliphatic carbocycles. The van der Waals surface area contributed by atoms with Crippen LogP contribution in [0, 0.1) is 5.92 Å². The minimum Gasteiger partial charge on any atom is -0.493 e. The highest BCUT2D eigenvalue weighted by Crippen LogP contribution is 2.38. The lowest BCUT2D eigenvalue weighted by Gasteiger charge is -2.28. The third-order valence-corrected chi connectivity index (χ3v) is 6.81. The molecule has 4 rings (SSSR count). The molecule has 0 saturated heterocycles. The Balaban J connectivity index is 1.41. The maximum absolute atomic E-state index is 13.6. The maximum Gasteiger partial charge on any atom is 0.419 e. The van der Waals surface area contributed by atoms with E-state index in [-0.39, 0.29) is 24.8 Å². The van der Waals surface area contributed by atoms with Crippen LogP contribution < -0.4 is 10.1 Å². The number of halogens is 3. The van der Waals surface area contributed by atoms with E-state index in [1.165, 1.54) is 17.2 Å². The number of rotatable bonds is 12. The van der Waals surface area contributed by atoms with Crippen molar-refractivity contribution in [2.75, 3.05) is 13.2 Å². The second-order valence-corrected chi connectivity index (χ2v) is 9.80. The van der Waals surface area contributed by atoms with Gasteiger partial charge >= 0.3 is 12.1 Å². The van der Waals surface area contributed by atoms with Gasteiger partial charge in [-0.1, -0.05) is 29.4 Å². The maximum atomic E-state index is 13.6. The molecular formula is C28H33F3N2O4. The largest absolute Gasteiger partial charge is 0.493 e. The molecular weight excluding hydrogens is 485 g/mol. The average molecular weight is 519 g/mol. The molecule has 0 aliphatic heterocycles. The lowest BCUT2D eigenvalue weighted by Crippen LogP contribution is -2.27. The van der Waals surface area contributed by atoms with E-state index in [1.54, 1.807) is 6.07 Å². The zero-order chi connectivity index (χ0) is 26.4. The first-order chi connectivity index (χ1) is 17.7. The fourth-order valence-corrected chi connectivity index (χ4v) is 4.67. The fraction of sp³-hybridized carbons (Fsp3) is 0.500. The number of fused-ring (bicyclic) bond motifs is 1. The summed E-state index contributed by atoms with van der Waals surface area (Å²) in [5.41, 5.74) is 3.52. The van der Waals surface area contributed by atoms with E-state index in [0.717, 1.165) is 43.7 Å². The molecule has 9 heteroatoms. The monoisotopic (exact) mass is 518 g/mol. The van der Waals surface area contributed by atoms with Crippen molar-refractivity contribution in [1.82, 2.24) is 5.32 Å². The SMILES string of the molecule is C/C(=N\OCc1ccc(OCC2CC2)c(C(F)(F)F)c1)c1cccc2c1CCCC2NCCCC(=O)O. The van der Waals surface area contributed by atoms with Gasteiger partial charge in [-0.05, 0) is 86.7 Å². The minimum atomic E-state index is -4.52. The Labute approximate surface area is 214 Å². The van der Waals surface area contributed by atoms with Crippen molar-refractivity contribution >= 4 is 11.7 Å². The molecule has 37 heavy (non-hydrogen) atoms. The molecule has 0 amide bonds. The van der Waals surface area contributed by atoms with Crippen molar-refractivity contribution in [2.45, 2.75) is 70.7 Å². The van der Waals surface area contributed by atoms with Gasteiger partial charge in [0.25, 0.3) is 0 Å². The summed E-state index contributed by atoms with van der Waals surface area (Å²) in [6, 6.07) is 10.2. The van der Waals surface area contributed by atoms with Gasteiger partial charge in [-0.25, -0.2) is 0 Å². The molecule has 0 aromatic heterocycles. The summed E-state index contributed by atoms with van der Waals surface area (Å²) in [5.74, 6) is -0.592. The molecule has 2 aromatic rings. The van der Waals surface area contributed by atoms with E-state index in [2.05, 4.69) is 16.5 Å². The van der Waals surface area contributed by atoms with Crippen molar-refractivity contribution < 1.29 is 32.6 Å². The standard InChI is InChI=1S/C28H33F3N2O4/c1-18(21-5-2-7-23-22(21)6-3-8-25(23)32-14-4-9-27(34)35)33-37-17-20-12-13-26(36-16-19-10-11-19)24(15-20)28(29,30)31/h2,5,7,12-13,15,19,25,32H,3-4,6,8-11,14,16-17H2,1H3,(H,34,35)/b33-18+. The number of carboxylic acid groups (broad SMARTS) is 1. The van der Waals surface area contributed by atoms with Gasteiger partial charge < -0.3 is 20.0 Å². The molecule has 6 nitrogen and oxygen atoms in total. The van der Waals surface area contributed by atoms with Crippen molar-refractivity contribution in [3.8, 4) is 5.75 Å². The Bertz CT molecular complexity index is 1130. The van der Waals surface area contributed by atoms with E-state index in [9.17, 15) is 18.0 Å². The highest BCUT2D eigenvalue weighted by atomic mass is 19.4. The number of nitrogens with one attached hydrogen (secondary N) is 1. The Morgan fingerprint density at radius 2 is 2.00 bits per heavy atom. The van der Waals surface area contributed by atoms with Crippen LogP contribution in [0.1, 0.15) is 79.3 Å². The van der Waals surface area contributed by atoms with Crippen LogP contribution in [0.15, 0.2) is 41.6 Å². The summed E-state index contributed by atoms with van der Waals surface area (Å²) in [7, 11) is 0. The van der Waals surface area contributed by atoms with E-state index < -0.39 is 17.7 Å². The number of benzene rings is 2. The van der Waals surface area contributed by atoms with Gasteiger partial charge in [0.2, 0.25) is 0 Å². The summed E-state index contributed by atoms with van der Waals surface area (Å²) in [5, 5.41) is 16.5. The first-order valence-corrected chi connectivity index (χ1v) is 12.8. The van der Waals surface area contributed by atoms with E-state index in [4.69, 9.17) is 14.7 Å². The quantitative estimate of drug-likeness (QED) is 0.197. The van der Waals surface area contributed by atoms with Gasteiger partial charge in [-0.3, -0.25) is 4.79 Å². The smallest absolute Gasteiger partial charge is 0.419 e. The Hall–Kier alpha value is -3.07. The van der Waals surface area contributed by atoms with Gasteiger partial charge in [0.15, 0.2) is 0 Å². The summed E-state index contributed by atoms with van der Waals surface area (Å²) in [6.45, 7) is 2.67. The topological polar surface area (TPSA) is 80.2 Å². The molecule has 2 N–H and O–H groups in total. The average Bonchev–Trinajstić information content (AvgIpc) is 3.69. The number of alkyl halides is 3. The van der Waals surface area contributed by atoms with Crippen molar-refractivity contribution in [1.29, 1.82) is 0 Å². The third kappa shape index (κ3) is 7.47. The van der Waals surface area contributed by atoms with Gasteiger partial charge in [0.05, 0.1) is 17.9 Å². The molecule has 2 aliphatic rings. The molecule has 200 valence electrons. The Morgan fingerprint density at radius 3 is 2.73 bits per heavy atom. The highest BCUT2D eigenvalue weighted by Gasteiger charge is 2.35. The predicted octanol–water partition coefficient (Wildman–Crippen LogP) is 6.27. The number of nitrogens with zero attached hydrogens (tertiary/aromatic N) is 1. The summed E-state index contributed by atoms with van der Waals surface area (Å²) < 4.78 is 46.2.